The van der Waals surface area contributed by atoms with Crippen LogP contribution in [0.15, 0.2) is 36.8 Å². The summed E-state index contributed by atoms with van der Waals surface area (Å²) in [4.78, 5) is 10.7. The van der Waals surface area contributed by atoms with E-state index in [-0.39, 0.29) is 0 Å². The number of nitrogens with zero attached hydrogens (tertiary/aromatic N) is 3. The molecule has 4 rings (SSSR count). The van der Waals surface area contributed by atoms with Crippen LogP contribution in [0.2, 0.25) is 0 Å². The summed E-state index contributed by atoms with van der Waals surface area (Å²) in [5, 5.41) is 0. The summed E-state index contributed by atoms with van der Waals surface area (Å²) in [6.07, 6.45) is 9.23. The molecule has 108 valence electrons. The van der Waals surface area contributed by atoms with Crippen molar-refractivity contribution in [1.82, 2.24) is 14.9 Å². The van der Waals surface area contributed by atoms with E-state index in [4.69, 9.17) is 0 Å². The Morgan fingerprint density at radius 1 is 1.14 bits per heavy atom. The molecule has 2 fully saturated rings. The molecular formula is C17H18FN3. The minimum Gasteiger partial charge on any atom is -0.300 e. The van der Waals surface area contributed by atoms with E-state index in [0.717, 1.165) is 17.2 Å². The smallest absolute Gasteiger partial charge is 0.212 e. The SMILES string of the molecule is CN1[C@H]2CC[C@@H]1[C@@H](c1cncc(-c3ccc(F)nc3)c1)C2. The number of aromatic nitrogens is 2. The van der Waals surface area contributed by atoms with Crippen LogP contribution in [0.1, 0.15) is 30.7 Å². The highest BCUT2D eigenvalue weighted by atomic mass is 19.1. The molecule has 0 radical (unpaired) electrons. The molecule has 0 saturated carbocycles. The summed E-state index contributed by atoms with van der Waals surface area (Å²) < 4.78 is 12.9. The third-order valence-electron chi connectivity index (χ3n) is 5.13. The van der Waals surface area contributed by atoms with Crippen molar-refractivity contribution < 1.29 is 4.39 Å². The average molecular weight is 283 g/mol. The Balaban J connectivity index is 1.66. The minimum absolute atomic E-state index is 0.447. The molecule has 0 amide bonds. The van der Waals surface area contributed by atoms with Gasteiger partial charge in [0.05, 0.1) is 0 Å². The Hall–Kier alpha value is -1.81. The van der Waals surface area contributed by atoms with Gasteiger partial charge in [-0.2, -0.15) is 4.39 Å². The second kappa shape index (κ2) is 4.88. The first-order chi connectivity index (χ1) is 10.2. The molecule has 2 aliphatic heterocycles. The van der Waals surface area contributed by atoms with Gasteiger partial charge >= 0.3 is 0 Å². The van der Waals surface area contributed by atoms with Crippen LogP contribution < -0.4 is 0 Å². The van der Waals surface area contributed by atoms with Crippen molar-refractivity contribution in [3.05, 3.63) is 48.3 Å². The first kappa shape index (κ1) is 12.9. The van der Waals surface area contributed by atoms with Crippen LogP contribution in [0.5, 0.6) is 0 Å². The highest BCUT2D eigenvalue weighted by molar-refractivity contribution is 5.62. The van der Waals surface area contributed by atoms with Gasteiger partial charge in [0, 0.05) is 47.7 Å². The molecule has 2 bridgehead atoms. The molecule has 2 aromatic heterocycles. The Kier molecular flexibility index (Phi) is 3.00. The van der Waals surface area contributed by atoms with Crippen LogP contribution >= 0.6 is 0 Å². The predicted molar refractivity (Wildman–Crippen MR) is 79.4 cm³/mol. The number of halogens is 1. The molecule has 4 heterocycles. The fourth-order valence-corrected chi connectivity index (χ4v) is 3.98. The summed E-state index contributed by atoms with van der Waals surface area (Å²) in [6, 6.07) is 6.74. The molecular weight excluding hydrogens is 265 g/mol. The molecule has 0 aromatic carbocycles. The van der Waals surface area contributed by atoms with Crippen LogP contribution in [-0.2, 0) is 0 Å². The summed E-state index contributed by atoms with van der Waals surface area (Å²) >= 11 is 0. The number of hydrogen-bond acceptors (Lipinski definition) is 3. The molecule has 0 spiro atoms. The Labute approximate surface area is 123 Å². The fourth-order valence-electron chi connectivity index (χ4n) is 3.98. The van der Waals surface area contributed by atoms with Gasteiger partial charge in [0.25, 0.3) is 0 Å². The molecule has 21 heavy (non-hydrogen) atoms. The van der Waals surface area contributed by atoms with Crippen LogP contribution in [-0.4, -0.2) is 34.0 Å². The van der Waals surface area contributed by atoms with E-state index in [9.17, 15) is 4.39 Å². The van der Waals surface area contributed by atoms with Gasteiger partial charge in [-0.1, -0.05) is 0 Å². The van der Waals surface area contributed by atoms with Crippen molar-refractivity contribution in [3.63, 3.8) is 0 Å². The lowest BCUT2D eigenvalue weighted by atomic mass is 9.84. The van der Waals surface area contributed by atoms with E-state index in [0.29, 0.717) is 12.0 Å². The van der Waals surface area contributed by atoms with E-state index in [1.165, 1.54) is 30.9 Å². The molecule has 0 unspecified atom stereocenters. The zero-order chi connectivity index (χ0) is 14.4. The predicted octanol–water partition coefficient (Wildman–Crippen LogP) is 3.23. The molecule has 2 aliphatic rings. The van der Waals surface area contributed by atoms with Gasteiger partial charge in [-0.15, -0.1) is 0 Å². The Bertz CT molecular complexity index is 655. The topological polar surface area (TPSA) is 29.0 Å². The molecule has 4 heteroatoms. The number of likely N-dealkylation sites (N-methyl/N-ethyl adjacent to an activating group) is 1. The molecule has 2 aromatic rings. The summed E-state index contributed by atoms with van der Waals surface area (Å²) in [5.74, 6) is 0.132. The Morgan fingerprint density at radius 3 is 2.71 bits per heavy atom. The fraction of sp³-hybridized carbons (Fsp3) is 0.412. The van der Waals surface area contributed by atoms with Gasteiger partial charge in [0.1, 0.15) is 0 Å². The highest BCUT2D eigenvalue weighted by Gasteiger charge is 2.44. The summed E-state index contributed by atoms with van der Waals surface area (Å²) in [6.45, 7) is 0. The van der Waals surface area contributed by atoms with Crippen molar-refractivity contribution in [3.8, 4) is 11.1 Å². The third-order valence-corrected chi connectivity index (χ3v) is 5.13. The largest absolute Gasteiger partial charge is 0.300 e. The molecule has 3 atom stereocenters. The summed E-state index contributed by atoms with van der Waals surface area (Å²) in [7, 11) is 2.24. The van der Waals surface area contributed by atoms with Gasteiger partial charge in [-0.25, -0.2) is 4.98 Å². The molecule has 2 saturated heterocycles. The van der Waals surface area contributed by atoms with Gasteiger partial charge < -0.3 is 0 Å². The number of hydrogen-bond donors (Lipinski definition) is 0. The standard InChI is InChI=1S/C17H18FN3/c1-21-14-3-4-16(21)15(7-14)13-6-12(8-19-9-13)11-2-5-17(18)20-10-11/h2,5-6,8-10,14-16H,3-4,7H2,1H3/t14-,15+,16+/m0/s1. The quantitative estimate of drug-likeness (QED) is 0.792. The zero-order valence-corrected chi connectivity index (χ0v) is 12.0. The van der Waals surface area contributed by atoms with E-state index < -0.39 is 5.95 Å². The minimum atomic E-state index is -0.447. The van der Waals surface area contributed by atoms with Gasteiger partial charge in [0.15, 0.2) is 0 Å². The second-order valence-electron chi connectivity index (χ2n) is 6.18. The van der Waals surface area contributed by atoms with Crippen LogP contribution in [0.3, 0.4) is 0 Å². The lowest BCUT2D eigenvalue weighted by Crippen LogP contribution is -2.25. The van der Waals surface area contributed by atoms with Crippen molar-refractivity contribution in [2.75, 3.05) is 7.05 Å². The molecule has 3 nitrogen and oxygen atoms in total. The number of pyridine rings is 2. The average Bonchev–Trinajstić information content (AvgIpc) is 3.03. The van der Waals surface area contributed by atoms with E-state index in [1.807, 2.05) is 12.4 Å². The van der Waals surface area contributed by atoms with Crippen LogP contribution in [0.25, 0.3) is 11.1 Å². The maximum absolute atomic E-state index is 12.9. The van der Waals surface area contributed by atoms with E-state index >= 15 is 0 Å². The third kappa shape index (κ3) is 2.14. The lowest BCUT2D eigenvalue weighted by Gasteiger charge is -2.22. The van der Waals surface area contributed by atoms with Crippen molar-refractivity contribution in [2.24, 2.45) is 0 Å². The van der Waals surface area contributed by atoms with E-state index in [1.54, 1.807) is 12.3 Å². The normalized spacial score (nSPS) is 28.2. The van der Waals surface area contributed by atoms with Crippen LogP contribution in [0.4, 0.5) is 4.39 Å². The van der Waals surface area contributed by atoms with Crippen molar-refractivity contribution >= 4 is 0 Å². The van der Waals surface area contributed by atoms with Crippen molar-refractivity contribution in [2.45, 2.75) is 37.3 Å². The Morgan fingerprint density at radius 2 is 2.05 bits per heavy atom. The molecule has 0 aliphatic carbocycles. The van der Waals surface area contributed by atoms with Gasteiger partial charge in [0.2, 0.25) is 5.95 Å². The molecule has 0 N–H and O–H groups in total. The maximum Gasteiger partial charge on any atom is 0.212 e. The maximum atomic E-state index is 12.9. The van der Waals surface area contributed by atoms with Crippen LogP contribution in [0, 0.1) is 5.95 Å². The second-order valence-corrected chi connectivity index (χ2v) is 6.18. The van der Waals surface area contributed by atoms with E-state index in [2.05, 4.69) is 28.0 Å². The summed E-state index contributed by atoms with van der Waals surface area (Å²) in [5.41, 5.74) is 3.24. The first-order valence-electron chi connectivity index (χ1n) is 7.51. The van der Waals surface area contributed by atoms with Gasteiger partial charge in [-0.05, 0) is 50.1 Å². The lowest BCUT2D eigenvalue weighted by molar-refractivity contribution is 0.307. The monoisotopic (exact) mass is 283 g/mol. The first-order valence-corrected chi connectivity index (χ1v) is 7.51. The number of fused-ring (bicyclic) bond motifs is 2. The van der Waals surface area contributed by atoms with Crippen molar-refractivity contribution in [1.29, 1.82) is 0 Å². The number of rotatable bonds is 2. The zero-order valence-electron chi connectivity index (χ0n) is 12.0. The highest BCUT2D eigenvalue weighted by Crippen LogP contribution is 2.45. The van der Waals surface area contributed by atoms with Gasteiger partial charge in [-0.3, -0.25) is 9.88 Å².